The summed E-state index contributed by atoms with van der Waals surface area (Å²) in [6.07, 6.45) is 4.21. The van der Waals surface area contributed by atoms with E-state index in [0.29, 0.717) is 6.04 Å². The second-order valence-electron chi connectivity index (χ2n) is 4.79. The minimum absolute atomic E-state index is 0.573. The molecule has 0 atom stereocenters. The standard InChI is InChI=1S/C14H17NO/c1-10(2)15-8-3-4-11-12-7-9-16-14(12)6-5-13(11)15/h5-7,9-10H,3-4,8H2,1-2H3. The van der Waals surface area contributed by atoms with Crippen molar-refractivity contribution in [1.82, 2.24) is 0 Å². The zero-order valence-corrected chi connectivity index (χ0v) is 9.86. The van der Waals surface area contributed by atoms with Crippen LogP contribution in [0.3, 0.4) is 0 Å². The Kier molecular flexibility index (Phi) is 2.16. The lowest BCUT2D eigenvalue weighted by molar-refractivity contribution is 0.612. The minimum Gasteiger partial charge on any atom is -0.464 e. The number of rotatable bonds is 1. The van der Waals surface area contributed by atoms with Gasteiger partial charge in [-0.1, -0.05) is 0 Å². The third kappa shape index (κ3) is 1.33. The Labute approximate surface area is 95.9 Å². The Morgan fingerprint density at radius 1 is 1.25 bits per heavy atom. The van der Waals surface area contributed by atoms with Gasteiger partial charge in [0.1, 0.15) is 5.58 Å². The molecule has 1 aromatic carbocycles. The first kappa shape index (κ1) is 9.76. The van der Waals surface area contributed by atoms with Gasteiger partial charge in [0.25, 0.3) is 0 Å². The molecule has 16 heavy (non-hydrogen) atoms. The summed E-state index contributed by atoms with van der Waals surface area (Å²) in [5.74, 6) is 0. The van der Waals surface area contributed by atoms with E-state index in [1.54, 1.807) is 6.26 Å². The van der Waals surface area contributed by atoms with Gasteiger partial charge in [0, 0.05) is 23.7 Å². The molecule has 0 aliphatic carbocycles. The fraction of sp³-hybridized carbons (Fsp3) is 0.429. The average Bonchev–Trinajstić information content (AvgIpc) is 2.76. The van der Waals surface area contributed by atoms with Crippen LogP contribution in [-0.2, 0) is 6.42 Å². The molecule has 84 valence electrons. The van der Waals surface area contributed by atoms with Crippen molar-refractivity contribution in [3.8, 4) is 0 Å². The van der Waals surface area contributed by atoms with E-state index >= 15 is 0 Å². The van der Waals surface area contributed by atoms with E-state index in [0.717, 1.165) is 5.58 Å². The minimum atomic E-state index is 0.573. The van der Waals surface area contributed by atoms with E-state index in [1.807, 2.05) is 0 Å². The highest BCUT2D eigenvalue weighted by molar-refractivity contribution is 5.87. The number of aryl methyl sites for hydroxylation is 1. The predicted octanol–water partition coefficient (Wildman–Crippen LogP) is 3.59. The van der Waals surface area contributed by atoms with Crippen molar-refractivity contribution in [2.45, 2.75) is 32.7 Å². The Morgan fingerprint density at radius 3 is 2.94 bits per heavy atom. The van der Waals surface area contributed by atoms with Crippen molar-refractivity contribution in [3.63, 3.8) is 0 Å². The molecule has 0 N–H and O–H groups in total. The second-order valence-corrected chi connectivity index (χ2v) is 4.79. The van der Waals surface area contributed by atoms with Crippen LogP contribution in [0, 0.1) is 0 Å². The summed E-state index contributed by atoms with van der Waals surface area (Å²) >= 11 is 0. The molecule has 1 aliphatic rings. The van der Waals surface area contributed by atoms with Crippen LogP contribution in [0.1, 0.15) is 25.8 Å². The number of fused-ring (bicyclic) bond motifs is 3. The summed E-state index contributed by atoms with van der Waals surface area (Å²) in [7, 11) is 0. The highest BCUT2D eigenvalue weighted by Gasteiger charge is 2.21. The molecule has 2 heterocycles. The Bertz CT molecular complexity index is 512. The summed E-state index contributed by atoms with van der Waals surface area (Å²) < 4.78 is 5.46. The highest BCUT2D eigenvalue weighted by Crippen LogP contribution is 2.34. The number of hydrogen-bond donors (Lipinski definition) is 0. The monoisotopic (exact) mass is 215 g/mol. The van der Waals surface area contributed by atoms with Crippen LogP contribution in [0.2, 0.25) is 0 Å². The van der Waals surface area contributed by atoms with Gasteiger partial charge in [-0.2, -0.15) is 0 Å². The maximum atomic E-state index is 5.46. The van der Waals surface area contributed by atoms with Crippen LogP contribution in [0.15, 0.2) is 28.9 Å². The fourth-order valence-corrected chi connectivity index (χ4v) is 2.71. The third-order valence-electron chi connectivity index (χ3n) is 3.48. The number of anilines is 1. The Balaban J connectivity index is 2.21. The van der Waals surface area contributed by atoms with Crippen LogP contribution < -0.4 is 4.90 Å². The fourth-order valence-electron chi connectivity index (χ4n) is 2.71. The first-order valence-corrected chi connectivity index (χ1v) is 6.03. The van der Waals surface area contributed by atoms with Crippen LogP contribution in [0.5, 0.6) is 0 Å². The second kappa shape index (κ2) is 3.55. The van der Waals surface area contributed by atoms with Crippen molar-refractivity contribution >= 4 is 16.7 Å². The Hall–Kier alpha value is -1.44. The summed E-state index contributed by atoms with van der Waals surface area (Å²) in [6.45, 7) is 5.69. The van der Waals surface area contributed by atoms with Crippen molar-refractivity contribution in [3.05, 3.63) is 30.0 Å². The topological polar surface area (TPSA) is 16.4 Å². The normalized spacial score (nSPS) is 15.8. The van der Waals surface area contributed by atoms with Crippen molar-refractivity contribution in [2.24, 2.45) is 0 Å². The molecular formula is C14H17NO. The molecule has 2 aromatic rings. The molecule has 0 saturated carbocycles. The molecular weight excluding hydrogens is 198 g/mol. The maximum absolute atomic E-state index is 5.46. The molecule has 1 aromatic heterocycles. The molecule has 2 heteroatoms. The van der Waals surface area contributed by atoms with Crippen molar-refractivity contribution < 1.29 is 4.42 Å². The van der Waals surface area contributed by atoms with E-state index < -0.39 is 0 Å². The SMILES string of the molecule is CC(C)N1CCCc2c1ccc1occc21. The summed E-state index contributed by atoms with van der Waals surface area (Å²) in [6, 6.07) is 6.97. The molecule has 0 amide bonds. The van der Waals surface area contributed by atoms with Gasteiger partial charge >= 0.3 is 0 Å². The van der Waals surface area contributed by atoms with Gasteiger partial charge < -0.3 is 9.32 Å². The summed E-state index contributed by atoms with van der Waals surface area (Å²) in [4.78, 5) is 2.49. The molecule has 0 radical (unpaired) electrons. The third-order valence-corrected chi connectivity index (χ3v) is 3.48. The highest BCUT2D eigenvalue weighted by atomic mass is 16.3. The quantitative estimate of drug-likeness (QED) is 0.722. The molecule has 0 bridgehead atoms. The largest absolute Gasteiger partial charge is 0.464 e. The van der Waals surface area contributed by atoms with Gasteiger partial charge in [0.2, 0.25) is 0 Å². The number of hydrogen-bond acceptors (Lipinski definition) is 2. The maximum Gasteiger partial charge on any atom is 0.134 e. The van der Waals surface area contributed by atoms with Gasteiger partial charge in [-0.15, -0.1) is 0 Å². The molecule has 0 saturated heterocycles. The van der Waals surface area contributed by atoms with Crippen LogP contribution in [0.4, 0.5) is 5.69 Å². The van der Waals surface area contributed by atoms with Crippen LogP contribution in [0.25, 0.3) is 11.0 Å². The average molecular weight is 215 g/mol. The van der Waals surface area contributed by atoms with E-state index in [9.17, 15) is 0 Å². The van der Waals surface area contributed by atoms with Gasteiger partial charge in [0.15, 0.2) is 0 Å². The van der Waals surface area contributed by atoms with E-state index in [2.05, 4.69) is 36.9 Å². The number of benzene rings is 1. The van der Waals surface area contributed by atoms with Crippen LogP contribution >= 0.6 is 0 Å². The van der Waals surface area contributed by atoms with E-state index in [-0.39, 0.29) is 0 Å². The first-order valence-electron chi connectivity index (χ1n) is 6.03. The van der Waals surface area contributed by atoms with Gasteiger partial charge in [-0.05, 0) is 50.5 Å². The predicted molar refractivity (Wildman–Crippen MR) is 67.0 cm³/mol. The molecule has 1 aliphatic heterocycles. The van der Waals surface area contributed by atoms with Gasteiger partial charge in [-0.25, -0.2) is 0 Å². The molecule has 0 fully saturated rings. The Morgan fingerprint density at radius 2 is 2.12 bits per heavy atom. The van der Waals surface area contributed by atoms with E-state index in [4.69, 9.17) is 4.42 Å². The van der Waals surface area contributed by atoms with E-state index in [1.165, 1.54) is 36.0 Å². The molecule has 0 unspecified atom stereocenters. The lowest BCUT2D eigenvalue weighted by atomic mass is 9.97. The lowest BCUT2D eigenvalue weighted by Gasteiger charge is -2.34. The number of nitrogens with zero attached hydrogens (tertiary/aromatic N) is 1. The summed E-state index contributed by atoms with van der Waals surface area (Å²) in [5, 5.41) is 1.29. The zero-order chi connectivity index (χ0) is 11.1. The molecule has 2 nitrogen and oxygen atoms in total. The van der Waals surface area contributed by atoms with Crippen LogP contribution in [-0.4, -0.2) is 12.6 Å². The lowest BCUT2D eigenvalue weighted by Crippen LogP contribution is -2.35. The van der Waals surface area contributed by atoms with Crippen molar-refractivity contribution in [1.29, 1.82) is 0 Å². The van der Waals surface area contributed by atoms with Gasteiger partial charge in [0.05, 0.1) is 6.26 Å². The summed E-state index contributed by atoms with van der Waals surface area (Å²) in [5.41, 5.74) is 3.88. The molecule has 0 spiro atoms. The molecule has 3 rings (SSSR count). The first-order chi connectivity index (χ1) is 7.77. The van der Waals surface area contributed by atoms with Gasteiger partial charge in [-0.3, -0.25) is 0 Å². The smallest absolute Gasteiger partial charge is 0.134 e. The van der Waals surface area contributed by atoms with Crippen molar-refractivity contribution in [2.75, 3.05) is 11.4 Å². The zero-order valence-electron chi connectivity index (χ0n) is 9.86. The number of furan rings is 1.